The first-order valence-corrected chi connectivity index (χ1v) is 8.05. The van der Waals surface area contributed by atoms with E-state index in [4.69, 9.17) is 0 Å². The Labute approximate surface area is 134 Å². The summed E-state index contributed by atoms with van der Waals surface area (Å²) in [4.78, 5) is 12.2. The Morgan fingerprint density at radius 1 is 0.905 bits per heavy atom. The van der Waals surface area contributed by atoms with Gasteiger partial charge in [-0.3, -0.25) is 4.79 Å². The smallest absolute Gasteiger partial charge is 0.234 e. The van der Waals surface area contributed by atoms with E-state index in [9.17, 15) is 4.79 Å². The number of hydrogen-bond acceptors (Lipinski definition) is 1. The molecular weight excluding hydrogens is 326 g/mol. The Hall–Kier alpha value is -1.61. The zero-order valence-electron chi connectivity index (χ0n) is 12.3. The molecule has 2 aromatic carbocycles. The lowest BCUT2D eigenvalue weighted by Crippen LogP contribution is -2.37. The fourth-order valence-electron chi connectivity index (χ4n) is 2.17. The van der Waals surface area contributed by atoms with Crippen LogP contribution in [0.4, 0.5) is 0 Å². The minimum Gasteiger partial charge on any atom is -0.344 e. The van der Waals surface area contributed by atoms with Gasteiger partial charge < -0.3 is 5.32 Å². The molecule has 2 rings (SSSR count). The van der Waals surface area contributed by atoms with Gasteiger partial charge in [-0.05, 0) is 17.0 Å². The zero-order chi connectivity index (χ0) is 15.2. The van der Waals surface area contributed by atoms with E-state index in [1.807, 2.05) is 74.5 Å². The van der Waals surface area contributed by atoms with Crippen LogP contribution in [0.1, 0.15) is 31.0 Å². The Balaban J connectivity index is 2.28. The summed E-state index contributed by atoms with van der Waals surface area (Å²) in [6.45, 7) is 4.05. The molecule has 3 heteroatoms. The van der Waals surface area contributed by atoms with Crippen molar-refractivity contribution in [1.82, 2.24) is 5.32 Å². The van der Waals surface area contributed by atoms with E-state index in [1.165, 1.54) is 0 Å². The highest BCUT2D eigenvalue weighted by Crippen LogP contribution is 2.23. The summed E-state index contributed by atoms with van der Waals surface area (Å²) in [5, 5.41) is 3.14. The number of alkyl halides is 1. The lowest BCUT2D eigenvalue weighted by atomic mass is 9.98. The SMILES string of the molecule is CC(C)C(Br)C(=O)NC(c1ccccc1)c1ccccc1. The molecule has 0 aromatic heterocycles. The molecule has 0 bridgehead atoms. The van der Waals surface area contributed by atoms with Crippen LogP contribution in [0.2, 0.25) is 0 Å². The predicted molar refractivity (Wildman–Crippen MR) is 90.4 cm³/mol. The second kappa shape index (κ2) is 7.41. The molecule has 2 aromatic rings. The lowest BCUT2D eigenvalue weighted by molar-refractivity contribution is -0.121. The van der Waals surface area contributed by atoms with Crippen LogP contribution in [-0.2, 0) is 4.79 Å². The quantitative estimate of drug-likeness (QED) is 0.803. The molecule has 1 unspecified atom stereocenters. The Kier molecular flexibility index (Phi) is 5.57. The van der Waals surface area contributed by atoms with Gasteiger partial charge in [0.2, 0.25) is 5.91 Å². The molecule has 2 nitrogen and oxygen atoms in total. The third-order valence-corrected chi connectivity index (χ3v) is 4.86. The minimum atomic E-state index is -0.188. The van der Waals surface area contributed by atoms with Crippen LogP contribution in [-0.4, -0.2) is 10.7 Å². The number of nitrogens with one attached hydrogen (secondary N) is 1. The van der Waals surface area contributed by atoms with Gasteiger partial charge in [0.15, 0.2) is 0 Å². The van der Waals surface area contributed by atoms with Crippen LogP contribution < -0.4 is 5.32 Å². The maximum absolute atomic E-state index is 12.4. The molecular formula is C18H20BrNO. The van der Waals surface area contributed by atoms with Gasteiger partial charge in [0.25, 0.3) is 0 Å². The van der Waals surface area contributed by atoms with E-state index in [0.29, 0.717) is 0 Å². The summed E-state index contributed by atoms with van der Waals surface area (Å²) in [6.07, 6.45) is 0. The monoisotopic (exact) mass is 345 g/mol. The average molecular weight is 346 g/mol. The highest BCUT2D eigenvalue weighted by atomic mass is 79.9. The van der Waals surface area contributed by atoms with Crippen molar-refractivity contribution in [2.24, 2.45) is 5.92 Å². The van der Waals surface area contributed by atoms with Gasteiger partial charge >= 0.3 is 0 Å². The zero-order valence-corrected chi connectivity index (χ0v) is 13.9. The third kappa shape index (κ3) is 4.18. The number of amides is 1. The van der Waals surface area contributed by atoms with E-state index in [-0.39, 0.29) is 22.7 Å². The van der Waals surface area contributed by atoms with E-state index in [1.54, 1.807) is 0 Å². The molecule has 1 atom stereocenters. The Morgan fingerprint density at radius 3 is 1.71 bits per heavy atom. The number of benzene rings is 2. The number of carbonyl (C=O) groups excluding carboxylic acids is 1. The van der Waals surface area contributed by atoms with Crippen molar-refractivity contribution in [1.29, 1.82) is 0 Å². The van der Waals surface area contributed by atoms with Crippen LogP contribution in [0.5, 0.6) is 0 Å². The molecule has 0 radical (unpaired) electrons. The van der Waals surface area contributed by atoms with Crippen molar-refractivity contribution < 1.29 is 4.79 Å². The van der Waals surface area contributed by atoms with Gasteiger partial charge in [0.1, 0.15) is 0 Å². The largest absolute Gasteiger partial charge is 0.344 e. The molecule has 110 valence electrons. The summed E-state index contributed by atoms with van der Waals surface area (Å²) in [5.74, 6) is 0.264. The van der Waals surface area contributed by atoms with Gasteiger partial charge in [-0.25, -0.2) is 0 Å². The fraction of sp³-hybridized carbons (Fsp3) is 0.278. The van der Waals surface area contributed by atoms with E-state index < -0.39 is 0 Å². The molecule has 0 saturated heterocycles. The highest BCUT2D eigenvalue weighted by molar-refractivity contribution is 9.10. The van der Waals surface area contributed by atoms with Crippen LogP contribution >= 0.6 is 15.9 Å². The molecule has 0 fully saturated rings. The molecule has 0 heterocycles. The number of carbonyl (C=O) groups is 1. The number of rotatable bonds is 5. The van der Waals surface area contributed by atoms with Crippen molar-refractivity contribution in [2.45, 2.75) is 24.7 Å². The average Bonchev–Trinajstić information content (AvgIpc) is 2.53. The van der Waals surface area contributed by atoms with E-state index in [2.05, 4.69) is 21.2 Å². The molecule has 0 aliphatic heterocycles. The summed E-state index contributed by atoms with van der Waals surface area (Å²) in [7, 11) is 0. The summed E-state index contributed by atoms with van der Waals surface area (Å²) >= 11 is 3.47. The van der Waals surface area contributed by atoms with Crippen molar-refractivity contribution in [3.8, 4) is 0 Å². The van der Waals surface area contributed by atoms with E-state index >= 15 is 0 Å². The maximum Gasteiger partial charge on any atom is 0.234 e. The van der Waals surface area contributed by atoms with Crippen LogP contribution in [0.25, 0.3) is 0 Å². The molecule has 1 N–H and O–H groups in total. The van der Waals surface area contributed by atoms with Gasteiger partial charge in [0.05, 0.1) is 10.9 Å². The van der Waals surface area contributed by atoms with E-state index in [0.717, 1.165) is 11.1 Å². The Morgan fingerprint density at radius 2 is 1.33 bits per heavy atom. The van der Waals surface area contributed by atoms with Crippen molar-refractivity contribution in [3.63, 3.8) is 0 Å². The van der Waals surface area contributed by atoms with Crippen molar-refractivity contribution in [2.75, 3.05) is 0 Å². The van der Waals surface area contributed by atoms with Crippen LogP contribution in [0, 0.1) is 5.92 Å². The first kappa shape index (κ1) is 15.8. The van der Waals surface area contributed by atoms with Crippen molar-refractivity contribution >= 4 is 21.8 Å². The summed E-state index contributed by atoms with van der Waals surface area (Å²) in [6, 6.07) is 20.0. The predicted octanol–water partition coefficient (Wildman–Crippen LogP) is 4.31. The van der Waals surface area contributed by atoms with Gasteiger partial charge in [-0.15, -0.1) is 0 Å². The third-order valence-electron chi connectivity index (χ3n) is 3.39. The molecule has 0 aliphatic carbocycles. The normalized spacial score (nSPS) is 12.4. The summed E-state index contributed by atoms with van der Waals surface area (Å²) in [5.41, 5.74) is 2.17. The first-order chi connectivity index (χ1) is 10.1. The number of hydrogen-bond donors (Lipinski definition) is 1. The second-order valence-corrected chi connectivity index (χ2v) is 6.40. The molecule has 0 spiro atoms. The standard InChI is InChI=1S/C18H20BrNO/c1-13(2)16(19)18(21)20-17(14-9-5-3-6-10-14)15-11-7-4-8-12-15/h3-13,16-17H,1-2H3,(H,20,21). The first-order valence-electron chi connectivity index (χ1n) is 7.14. The number of halogens is 1. The molecule has 1 amide bonds. The molecule has 0 saturated carbocycles. The Bertz CT molecular complexity index is 529. The van der Waals surface area contributed by atoms with Gasteiger partial charge in [-0.2, -0.15) is 0 Å². The van der Waals surface area contributed by atoms with Gasteiger partial charge in [-0.1, -0.05) is 90.4 Å². The molecule has 21 heavy (non-hydrogen) atoms. The topological polar surface area (TPSA) is 29.1 Å². The van der Waals surface area contributed by atoms with Crippen molar-refractivity contribution in [3.05, 3.63) is 71.8 Å². The van der Waals surface area contributed by atoms with Crippen LogP contribution in [0.15, 0.2) is 60.7 Å². The summed E-state index contributed by atoms with van der Waals surface area (Å²) < 4.78 is 0. The second-order valence-electron chi connectivity index (χ2n) is 5.41. The lowest BCUT2D eigenvalue weighted by Gasteiger charge is -2.22. The minimum absolute atomic E-state index is 0.0164. The molecule has 0 aliphatic rings. The van der Waals surface area contributed by atoms with Crippen LogP contribution in [0.3, 0.4) is 0 Å². The fourth-order valence-corrected chi connectivity index (χ4v) is 2.31. The highest BCUT2D eigenvalue weighted by Gasteiger charge is 2.23. The maximum atomic E-state index is 12.4. The van der Waals surface area contributed by atoms with Gasteiger partial charge in [0, 0.05) is 0 Å².